The highest BCUT2D eigenvalue weighted by Gasteiger charge is 2.21. The lowest BCUT2D eigenvalue weighted by Gasteiger charge is -2.24. The van der Waals surface area contributed by atoms with Crippen molar-refractivity contribution in [2.24, 2.45) is 0 Å². The molecular formula is C24H23NO. The van der Waals surface area contributed by atoms with E-state index in [2.05, 4.69) is 0 Å². The molecule has 0 bridgehead atoms. The highest BCUT2D eigenvalue weighted by molar-refractivity contribution is 6.30. The van der Waals surface area contributed by atoms with Gasteiger partial charge in [-0.15, -0.1) is 0 Å². The number of hydrogen-bond donors (Lipinski definition) is 0. The standard InChI is InChI=1S/C24H23NO/c1-3-25(23-17-11-10-12-19(23)2)24(26)22(21-15-8-5-9-16-21)18-20-13-6-4-7-14-20/h4-18H,3H2,1-2H3. The van der Waals surface area contributed by atoms with E-state index < -0.39 is 0 Å². The van der Waals surface area contributed by atoms with Gasteiger partial charge in [-0.2, -0.15) is 0 Å². The molecule has 3 aromatic carbocycles. The van der Waals surface area contributed by atoms with Gasteiger partial charge in [0.1, 0.15) is 0 Å². The molecule has 0 radical (unpaired) electrons. The summed E-state index contributed by atoms with van der Waals surface area (Å²) in [7, 11) is 0. The topological polar surface area (TPSA) is 20.3 Å². The second-order valence-corrected chi connectivity index (χ2v) is 6.17. The number of aryl methyl sites for hydroxylation is 1. The lowest BCUT2D eigenvalue weighted by atomic mass is 10.0. The van der Waals surface area contributed by atoms with E-state index in [0.717, 1.165) is 22.4 Å². The summed E-state index contributed by atoms with van der Waals surface area (Å²) in [5, 5.41) is 0. The monoisotopic (exact) mass is 341 g/mol. The Morgan fingerprint density at radius 3 is 2.04 bits per heavy atom. The fourth-order valence-electron chi connectivity index (χ4n) is 3.04. The quantitative estimate of drug-likeness (QED) is 0.438. The number of amides is 1. The second-order valence-electron chi connectivity index (χ2n) is 6.17. The van der Waals surface area contributed by atoms with Crippen LogP contribution in [0.5, 0.6) is 0 Å². The molecule has 0 N–H and O–H groups in total. The molecule has 130 valence electrons. The van der Waals surface area contributed by atoms with E-state index in [1.54, 1.807) is 0 Å². The summed E-state index contributed by atoms with van der Waals surface area (Å²) in [6.07, 6.45) is 1.97. The molecule has 2 heteroatoms. The molecule has 0 fully saturated rings. The van der Waals surface area contributed by atoms with E-state index in [0.29, 0.717) is 12.1 Å². The molecule has 0 spiro atoms. The number of rotatable bonds is 5. The zero-order valence-electron chi connectivity index (χ0n) is 15.2. The average Bonchev–Trinajstić information content (AvgIpc) is 2.69. The molecular weight excluding hydrogens is 318 g/mol. The predicted molar refractivity (Wildman–Crippen MR) is 110 cm³/mol. The molecule has 0 saturated carbocycles. The summed E-state index contributed by atoms with van der Waals surface area (Å²) in [5.41, 5.74) is 4.68. The van der Waals surface area contributed by atoms with Gasteiger partial charge in [-0.3, -0.25) is 4.79 Å². The highest BCUT2D eigenvalue weighted by Crippen LogP contribution is 2.26. The van der Waals surface area contributed by atoms with Crippen LogP contribution in [0.3, 0.4) is 0 Å². The van der Waals surface area contributed by atoms with Crippen LogP contribution in [0, 0.1) is 6.92 Å². The SMILES string of the molecule is CCN(C(=O)C(=Cc1ccccc1)c1ccccc1)c1ccccc1C. The Labute approximate surface area is 155 Å². The van der Waals surface area contributed by atoms with Crippen LogP contribution in [0.2, 0.25) is 0 Å². The van der Waals surface area contributed by atoms with Crippen molar-refractivity contribution < 1.29 is 4.79 Å². The molecule has 0 aliphatic heterocycles. The van der Waals surface area contributed by atoms with Crippen LogP contribution in [-0.4, -0.2) is 12.5 Å². The number of para-hydroxylation sites is 1. The zero-order valence-corrected chi connectivity index (χ0v) is 15.2. The Bertz CT molecular complexity index is 898. The van der Waals surface area contributed by atoms with Gasteiger partial charge in [0.15, 0.2) is 0 Å². The van der Waals surface area contributed by atoms with E-state index in [4.69, 9.17) is 0 Å². The van der Waals surface area contributed by atoms with Crippen LogP contribution in [0.1, 0.15) is 23.6 Å². The van der Waals surface area contributed by atoms with Crippen LogP contribution in [0.15, 0.2) is 84.9 Å². The number of carbonyl (C=O) groups is 1. The van der Waals surface area contributed by atoms with Crippen LogP contribution >= 0.6 is 0 Å². The van der Waals surface area contributed by atoms with Gasteiger partial charge in [0.05, 0.1) is 0 Å². The third-order valence-electron chi connectivity index (χ3n) is 4.39. The van der Waals surface area contributed by atoms with Crippen molar-refractivity contribution in [3.05, 3.63) is 102 Å². The first-order valence-corrected chi connectivity index (χ1v) is 8.90. The molecule has 0 aliphatic rings. The van der Waals surface area contributed by atoms with Crippen molar-refractivity contribution in [1.82, 2.24) is 0 Å². The normalized spacial score (nSPS) is 11.2. The molecule has 0 unspecified atom stereocenters. The number of nitrogens with zero attached hydrogens (tertiary/aromatic N) is 1. The predicted octanol–water partition coefficient (Wildman–Crippen LogP) is 5.59. The molecule has 0 saturated heterocycles. The Balaban J connectivity index is 2.08. The molecule has 3 rings (SSSR count). The second kappa shape index (κ2) is 8.30. The molecule has 26 heavy (non-hydrogen) atoms. The number of likely N-dealkylation sites (N-methyl/N-ethyl adjacent to an activating group) is 1. The molecule has 0 aromatic heterocycles. The van der Waals surface area contributed by atoms with Crippen molar-refractivity contribution in [3.63, 3.8) is 0 Å². The van der Waals surface area contributed by atoms with Gasteiger partial charge in [-0.1, -0.05) is 78.9 Å². The van der Waals surface area contributed by atoms with Gasteiger partial charge in [0, 0.05) is 17.8 Å². The van der Waals surface area contributed by atoms with Gasteiger partial charge in [0.2, 0.25) is 0 Å². The maximum absolute atomic E-state index is 13.5. The average molecular weight is 341 g/mol. The van der Waals surface area contributed by atoms with Gasteiger partial charge in [-0.25, -0.2) is 0 Å². The van der Waals surface area contributed by atoms with E-state index in [1.165, 1.54) is 0 Å². The summed E-state index contributed by atoms with van der Waals surface area (Å²) in [6.45, 7) is 4.66. The van der Waals surface area contributed by atoms with Gasteiger partial charge >= 0.3 is 0 Å². The maximum Gasteiger partial charge on any atom is 0.258 e. The fourth-order valence-corrected chi connectivity index (χ4v) is 3.04. The third-order valence-corrected chi connectivity index (χ3v) is 4.39. The molecule has 0 aliphatic carbocycles. The van der Waals surface area contributed by atoms with Crippen molar-refractivity contribution in [1.29, 1.82) is 0 Å². The molecule has 0 atom stereocenters. The van der Waals surface area contributed by atoms with Crippen molar-refractivity contribution in [2.75, 3.05) is 11.4 Å². The summed E-state index contributed by atoms with van der Waals surface area (Å²) in [6, 6.07) is 27.8. The fraction of sp³-hybridized carbons (Fsp3) is 0.125. The third kappa shape index (κ3) is 3.92. The lowest BCUT2D eigenvalue weighted by molar-refractivity contribution is -0.113. The van der Waals surface area contributed by atoms with E-state index >= 15 is 0 Å². The first-order valence-electron chi connectivity index (χ1n) is 8.90. The van der Waals surface area contributed by atoms with E-state index in [9.17, 15) is 4.79 Å². The number of anilines is 1. The molecule has 0 heterocycles. The van der Waals surface area contributed by atoms with Crippen molar-refractivity contribution in [3.8, 4) is 0 Å². The number of benzene rings is 3. The zero-order chi connectivity index (χ0) is 18.4. The van der Waals surface area contributed by atoms with Gasteiger partial charge in [0.25, 0.3) is 5.91 Å². The first-order chi connectivity index (χ1) is 12.7. The van der Waals surface area contributed by atoms with Crippen LogP contribution in [-0.2, 0) is 4.79 Å². The Hall–Kier alpha value is -3.13. The highest BCUT2D eigenvalue weighted by atomic mass is 16.2. The minimum atomic E-state index is 0.0110. The van der Waals surface area contributed by atoms with Crippen LogP contribution in [0.25, 0.3) is 11.6 Å². The molecule has 1 amide bonds. The summed E-state index contributed by atoms with van der Waals surface area (Å²) in [4.78, 5) is 15.3. The van der Waals surface area contributed by atoms with Crippen LogP contribution < -0.4 is 4.90 Å². The lowest BCUT2D eigenvalue weighted by Crippen LogP contribution is -2.32. The minimum absolute atomic E-state index is 0.0110. The number of carbonyl (C=O) groups excluding carboxylic acids is 1. The van der Waals surface area contributed by atoms with Gasteiger partial charge < -0.3 is 4.90 Å². The van der Waals surface area contributed by atoms with E-state index in [-0.39, 0.29) is 5.91 Å². The van der Waals surface area contributed by atoms with Crippen LogP contribution in [0.4, 0.5) is 5.69 Å². The Morgan fingerprint density at radius 2 is 1.42 bits per heavy atom. The van der Waals surface area contributed by atoms with Crippen molar-refractivity contribution >= 4 is 23.2 Å². The summed E-state index contributed by atoms with van der Waals surface area (Å²) < 4.78 is 0. The summed E-state index contributed by atoms with van der Waals surface area (Å²) in [5.74, 6) is 0.0110. The largest absolute Gasteiger partial charge is 0.308 e. The Morgan fingerprint density at radius 1 is 0.846 bits per heavy atom. The number of hydrogen-bond acceptors (Lipinski definition) is 1. The molecule has 2 nitrogen and oxygen atoms in total. The molecule has 3 aromatic rings. The van der Waals surface area contributed by atoms with E-state index in [1.807, 2.05) is 110 Å². The smallest absolute Gasteiger partial charge is 0.258 e. The van der Waals surface area contributed by atoms with Crippen molar-refractivity contribution in [2.45, 2.75) is 13.8 Å². The first kappa shape index (κ1) is 17.7. The summed E-state index contributed by atoms with van der Waals surface area (Å²) >= 11 is 0. The maximum atomic E-state index is 13.5. The van der Waals surface area contributed by atoms with Gasteiger partial charge in [-0.05, 0) is 42.7 Å². The Kier molecular flexibility index (Phi) is 5.65. The minimum Gasteiger partial charge on any atom is -0.308 e.